The maximum Gasteiger partial charge on any atom is 0.214 e. The summed E-state index contributed by atoms with van der Waals surface area (Å²) in [4.78, 5) is 0. The van der Waals surface area contributed by atoms with Gasteiger partial charge in [0.15, 0.2) is 0 Å². The lowest BCUT2D eigenvalue weighted by molar-refractivity contribution is 0.473. The SMILES string of the molecule is CC(C)NCCCCS(=O)(=O)N1CCCC1. The van der Waals surface area contributed by atoms with Gasteiger partial charge in [0.1, 0.15) is 0 Å². The van der Waals surface area contributed by atoms with Gasteiger partial charge in [-0.2, -0.15) is 0 Å². The number of hydrogen-bond donors (Lipinski definition) is 1. The van der Waals surface area contributed by atoms with Crippen molar-refractivity contribution in [1.29, 1.82) is 0 Å². The van der Waals surface area contributed by atoms with Crippen LogP contribution in [-0.2, 0) is 10.0 Å². The Hall–Kier alpha value is -0.130. The van der Waals surface area contributed by atoms with Gasteiger partial charge in [0.25, 0.3) is 0 Å². The maximum absolute atomic E-state index is 11.8. The van der Waals surface area contributed by atoms with E-state index < -0.39 is 10.0 Å². The lowest BCUT2D eigenvalue weighted by Crippen LogP contribution is -2.30. The molecule has 0 aromatic rings. The molecule has 1 heterocycles. The molecular weight excluding hydrogens is 224 g/mol. The smallest absolute Gasteiger partial charge is 0.214 e. The molecule has 0 amide bonds. The van der Waals surface area contributed by atoms with E-state index >= 15 is 0 Å². The van der Waals surface area contributed by atoms with Gasteiger partial charge in [0.05, 0.1) is 5.75 Å². The lowest BCUT2D eigenvalue weighted by Gasteiger charge is -2.15. The standard InChI is InChI=1S/C11H24N2O2S/c1-11(2)12-7-3-6-10-16(14,15)13-8-4-5-9-13/h11-12H,3-10H2,1-2H3. The molecule has 0 aliphatic carbocycles. The molecule has 1 rings (SSSR count). The van der Waals surface area contributed by atoms with Crippen molar-refractivity contribution < 1.29 is 8.42 Å². The molecule has 1 fully saturated rings. The zero-order chi connectivity index (χ0) is 12.0. The predicted octanol–water partition coefficient (Wildman–Crippen LogP) is 1.19. The average molecular weight is 248 g/mol. The summed E-state index contributed by atoms with van der Waals surface area (Å²) in [7, 11) is -2.96. The van der Waals surface area contributed by atoms with Crippen LogP contribution in [0.2, 0.25) is 0 Å². The summed E-state index contributed by atoms with van der Waals surface area (Å²) >= 11 is 0. The van der Waals surface area contributed by atoms with E-state index in [9.17, 15) is 8.42 Å². The monoisotopic (exact) mass is 248 g/mol. The van der Waals surface area contributed by atoms with E-state index in [1.54, 1.807) is 4.31 Å². The minimum atomic E-state index is -2.96. The quantitative estimate of drug-likeness (QED) is 0.689. The summed E-state index contributed by atoms with van der Waals surface area (Å²) in [5.41, 5.74) is 0. The molecular formula is C11H24N2O2S. The first-order valence-electron chi connectivity index (χ1n) is 6.23. The van der Waals surface area contributed by atoms with Gasteiger partial charge in [0, 0.05) is 19.1 Å². The Bertz CT molecular complexity index is 282. The Morgan fingerprint density at radius 3 is 2.38 bits per heavy atom. The zero-order valence-electron chi connectivity index (χ0n) is 10.4. The van der Waals surface area contributed by atoms with Crippen molar-refractivity contribution in [3.8, 4) is 0 Å². The van der Waals surface area contributed by atoms with Gasteiger partial charge in [-0.05, 0) is 32.2 Å². The number of hydrogen-bond acceptors (Lipinski definition) is 3. The van der Waals surface area contributed by atoms with Crippen molar-refractivity contribution in [1.82, 2.24) is 9.62 Å². The Labute approximate surface area is 99.5 Å². The topological polar surface area (TPSA) is 49.4 Å². The van der Waals surface area contributed by atoms with Gasteiger partial charge in [-0.25, -0.2) is 12.7 Å². The van der Waals surface area contributed by atoms with Crippen LogP contribution in [-0.4, -0.2) is 44.2 Å². The van der Waals surface area contributed by atoms with Gasteiger partial charge in [-0.1, -0.05) is 13.8 Å². The number of nitrogens with one attached hydrogen (secondary N) is 1. The first-order chi connectivity index (χ1) is 7.52. The Morgan fingerprint density at radius 2 is 1.81 bits per heavy atom. The second-order valence-electron chi connectivity index (χ2n) is 4.74. The van der Waals surface area contributed by atoms with Crippen molar-refractivity contribution in [2.75, 3.05) is 25.4 Å². The van der Waals surface area contributed by atoms with Crippen LogP contribution in [0.25, 0.3) is 0 Å². The third kappa shape index (κ3) is 4.80. The first kappa shape index (κ1) is 13.9. The molecule has 1 N–H and O–H groups in total. The molecule has 1 saturated heterocycles. The Kier molecular flexibility index (Phi) is 5.72. The van der Waals surface area contributed by atoms with Crippen molar-refractivity contribution in [2.24, 2.45) is 0 Å². The van der Waals surface area contributed by atoms with Crippen LogP contribution in [0.4, 0.5) is 0 Å². The summed E-state index contributed by atoms with van der Waals surface area (Å²) in [6.45, 7) is 6.56. The van der Waals surface area contributed by atoms with E-state index in [2.05, 4.69) is 19.2 Å². The molecule has 4 nitrogen and oxygen atoms in total. The van der Waals surface area contributed by atoms with Gasteiger partial charge in [0.2, 0.25) is 10.0 Å². The summed E-state index contributed by atoms with van der Waals surface area (Å²) in [5, 5.41) is 3.29. The molecule has 0 saturated carbocycles. The van der Waals surface area contributed by atoms with Crippen LogP contribution in [0.15, 0.2) is 0 Å². The predicted molar refractivity (Wildman–Crippen MR) is 67.0 cm³/mol. The molecule has 0 atom stereocenters. The number of nitrogens with zero attached hydrogens (tertiary/aromatic N) is 1. The lowest BCUT2D eigenvalue weighted by atomic mass is 10.3. The highest BCUT2D eigenvalue weighted by molar-refractivity contribution is 7.89. The minimum Gasteiger partial charge on any atom is -0.315 e. The van der Waals surface area contributed by atoms with Crippen LogP contribution in [0.5, 0.6) is 0 Å². The highest BCUT2D eigenvalue weighted by Gasteiger charge is 2.24. The molecule has 1 aliphatic rings. The summed E-state index contributed by atoms with van der Waals surface area (Å²) in [6, 6.07) is 0.482. The number of unbranched alkanes of at least 4 members (excludes halogenated alkanes) is 1. The molecule has 0 unspecified atom stereocenters. The Balaban J connectivity index is 2.16. The van der Waals surface area contributed by atoms with Crippen LogP contribution in [0, 0.1) is 0 Å². The largest absolute Gasteiger partial charge is 0.315 e. The number of rotatable bonds is 7. The fourth-order valence-electron chi connectivity index (χ4n) is 1.90. The normalized spacial score (nSPS) is 18.4. The van der Waals surface area contributed by atoms with Crippen molar-refractivity contribution >= 4 is 10.0 Å². The third-order valence-corrected chi connectivity index (χ3v) is 4.80. The van der Waals surface area contributed by atoms with E-state index in [4.69, 9.17) is 0 Å². The summed E-state index contributed by atoms with van der Waals surface area (Å²) in [6.07, 6.45) is 3.74. The van der Waals surface area contributed by atoms with E-state index in [1.807, 2.05) is 0 Å². The van der Waals surface area contributed by atoms with Crippen LogP contribution >= 0.6 is 0 Å². The van der Waals surface area contributed by atoms with Gasteiger partial charge in [-0.15, -0.1) is 0 Å². The highest BCUT2D eigenvalue weighted by atomic mass is 32.2. The molecule has 0 aromatic carbocycles. The number of sulfonamides is 1. The van der Waals surface area contributed by atoms with E-state index in [-0.39, 0.29) is 0 Å². The van der Waals surface area contributed by atoms with Crippen LogP contribution < -0.4 is 5.32 Å². The molecule has 16 heavy (non-hydrogen) atoms. The van der Waals surface area contributed by atoms with Crippen LogP contribution in [0.1, 0.15) is 39.5 Å². The molecule has 96 valence electrons. The van der Waals surface area contributed by atoms with Gasteiger partial charge >= 0.3 is 0 Å². The van der Waals surface area contributed by atoms with E-state index in [0.717, 1.165) is 45.3 Å². The zero-order valence-corrected chi connectivity index (χ0v) is 11.2. The molecule has 0 radical (unpaired) electrons. The van der Waals surface area contributed by atoms with Gasteiger partial charge in [-0.3, -0.25) is 0 Å². The molecule has 0 spiro atoms. The van der Waals surface area contributed by atoms with E-state index in [0.29, 0.717) is 11.8 Å². The summed E-state index contributed by atoms with van der Waals surface area (Å²) < 4.78 is 25.3. The average Bonchev–Trinajstić information content (AvgIpc) is 2.69. The van der Waals surface area contributed by atoms with Crippen molar-refractivity contribution in [3.63, 3.8) is 0 Å². The molecule has 0 bridgehead atoms. The maximum atomic E-state index is 11.8. The fourth-order valence-corrected chi connectivity index (χ4v) is 3.54. The van der Waals surface area contributed by atoms with Gasteiger partial charge < -0.3 is 5.32 Å². The minimum absolute atomic E-state index is 0.312. The molecule has 5 heteroatoms. The highest BCUT2D eigenvalue weighted by Crippen LogP contribution is 2.13. The van der Waals surface area contributed by atoms with Crippen molar-refractivity contribution in [2.45, 2.75) is 45.6 Å². The second kappa shape index (κ2) is 6.57. The van der Waals surface area contributed by atoms with Crippen molar-refractivity contribution in [3.05, 3.63) is 0 Å². The first-order valence-corrected chi connectivity index (χ1v) is 7.84. The Morgan fingerprint density at radius 1 is 1.19 bits per heavy atom. The van der Waals surface area contributed by atoms with Crippen LogP contribution in [0.3, 0.4) is 0 Å². The molecule has 0 aromatic heterocycles. The fraction of sp³-hybridized carbons (Fsp3) is 1.00. The summed E-state index contributed by atoms with van der Waals surface area (Å²) in [5.74, 6) is 0.312. The van der Waals surface area contributed by atoms with E-state index in [1.165, 1.54) is 0 Å². The molecule has 1 aliphatic heterocycles. The second-order valence-corrected chi connectivity index (χ2v) is 6.83. The third-order valence-electron chi connectivity index (χ3n) is 2.84.